The second kappa shape index (κ2) is 9.38. The van der Waals surface area contributed by atoms with Crippen LogP contribution < -0.4 is 20.9 Å². The van der Waals surface area contributed by atoms with E-state index in [1.54, 1.807) is 6.07 Å². The Hall–Kier alpha value is -3.35. The van der Waals surface area contributed by atoms with E-state index in [9.17, 15) is 14.0 Å². The fourth-order valence-electron chi connectivity index (χ4n) is 2.36. The number of halogens is 1. The summed E-state index contributed by atoms with van der Waals surface area (Å²) in [6.07, 6.45) is 2.62. The zero-order valence-electron chi connectivity index (χ0n) is 15.4. The number of amides is 2. The summed E-state index contributed by atoms with van der Waals surface area (Å²) in [6, 6.07) is 10.2. The summed E-state index contributed by atoms with van der Waals surface area (Å²) in [4.78, 5) is 23.6. The summed E-state index contributed by atoms with van der Waals surface area (Å²) in [6.45, 7) is 3.95. The standard InChI is InChI=1S/C20H22FN3O3/c1-13-4-7-17(14(2)10-13)22-12-20(26)24-23-19(25)9-6-15-5-8-18(27-3)16(21)11-15/h4-11,22H,12H2,1-3H3,(H,23,25)(H,24,26)/b9-6+. The quantitative estimate of drug-likeness (QED) is 0.539. The number of ether oxygens (including phenoxy) is 1. The number of nitrogens with one attached hydrogen (secondary N) is 3. The lowest BCUT2D eigenvalue weighted by molar-refractivity contribution is -0.125. The average Bonchev–Trinajstić information content (AvgIpc) is 2.64. The molecule has 0 spiro atoms. The highest BCUT2D eigenvalue weighted by Crippen LogP contribution is 2.18. The van der Waals surface area contributed by atoms with Gasteiger partial charge in [-0.05, 0) is 49.2 Å². The molecule has 0 aromatic heterocycles. The third-order valence-corrected chi connectivity index (χ3v) is 3.75. The number of hydrogen-bond acceptors (Lipinski definition) is 4. The molecule has 0 atom stereocenters. The van der Waals surface area contributed by atoms with E-state index in [2.05, 4.69) is 16.2 Å². The third kappa shape index (κ3) is 6.14. The predicted molar refractivity (Wildman–Crippen MR) is 103 cm³/mol. The summed E-state index contributed by atoms with van der Waals surface area (Å²) in [7, 11) is 1.37. The summed E-state index contributed by atoms with van der Waals surface area (Å²) in [5, 5.41) is 3.00. The second-order valence-electron chi connectivity index (χ2n) is 5.94. The van der Waals surface area contributed by atoms with Crippen LogP contribution in [-0.2, 0) is 9.59 Å². The fourth-order valence-corrected chi connectivity index (χ4v) is 2.36. The molecule has 0 unspecified atom stereocenters. The first-order chi connectivity index (χ1) is 12.9. The summed E-state index contributed by atoms with van der Waals surface area (Å²) in [5.41, 5.74) is 8.08. The highest BCUT2D eigenvalue weighted by atomic mass is 19.1. The minimum Gasteiger partial charge on any atom is -0.494 e. The maximum atomic E-state index is 13.6. The Bertz CT molecular complexity index is 866. The number of methoxy groups -OCH3 is 1. The van der Waals surface area contributed by atoms with Gasteiger partial charge in [-0.1, -0.05) is 23.8 Å². The minimum atomic E-state index is -0.536. The number of rotatable bonds is 6. The topological polar surface area (TPSA) is 79.5 Å². The Kier molecular flexibility index (Phi) is 6.93. The van der Waals surface area contributed by atoms with E-state index < -0.39 is 17.6 Å². The van der Waals surface area contributed by atoms with Crippen molar-refractivity contribution in [1.82, 2.24) is 10.9 Å². The van der Waals surface area contributed by atoms with Gasteiger partial charge in [0.05, 0.1) is 13.7 Å². The first kappa shape index (κ1) is 20.0. The Labute approximate surface area is 157 Å². The molecular weight excluding hydrogens is 349 g/mol. The van der Waals surface area contributed by atoms with Gasteiger partial charge in [0, 0.05) is 11.8 Å². The number of aryl methyl sites for hydroxylation is 2. The van der Waals surface area contributed by atoms with Gasteiger partial charge < -0.3 is 10.1 Å². The largest absolute Gasteiger partial charge is 0.494 e. The van der Waals surface area contributed by atoms with Crippen LogP contribution in [0.4, 0.5) is 10.1 Å². The normalized spacial score (nSPS) is 10.5. The third-order valence-electron chi connectivity index (χ3n) is 3.75. The van der Waals surface area contributed by atoms with Crippen molar-refractivity contribution in [1.29, 1.82) is 0 Å². The van der Waals surface area contributed by atoms with Crippen LogP contribution in [-0.4, -0.2) is 25.5 Å². The van der Waals surface area contributed by atoms with Crippen LogP contribution in [0, 0.1) is 19.7 Å². The average molecular weight is 371 g/mol. The van der Waals surface area contributed by atoms with E-state index in [-0.39, 0.29) is 12.3 Å². The number of anilines is 1. The number of hydrogen-bond donors (Lipinski definition) is 3. The van der Waals surface area contributed by atoms with Gasteiger partial charge in [0.2, 0.25) is 0 Å². The first-order valence-corrected chi connectivity index (χ1v) is 8.30. The van der Waals surface area contributed by atoms with Crippen molar-refractivity contribution >= 4 is 23.6 Å². The molecule has 0 fully saturated rings. The lowest BCUT2D eigenvalue weighted by Crippen LogP contribution is -2.43. The lowest BCUT2D eigenvalue weighted by Gasteiger charge is -2.10. The molecule has 0 aliphatic rings. The zero-order chi connectivity index (χ0) is 19.8. The first-order valence-electron chi connectivity index (χ1n) is 8.30. The molecule has 2 rings (SSSR count). The summed E-state index contributed by atoms with van der Waals surface area (Å²) < 4.78 is 18.4. The molecule has 0 aliphatic heterocycles. The van der Waals surface area contributed by atoms with E-state index >= 15 is 0 Å². The Morgan fingerprint density at radius 1 is 1.11 bits per heavy atom. The molecule has 0 saturated heterocycles. The van der Waals surface area contributed by atoms with E-state index in [1.807, 2.05) is 32.0 Å². The van der Waals surface area contributed by atoms with Crippen LogP contribution in [0.5, 0.6) is 5.75 Å². The zero-order valence-corrected chi connectivity index (χ0v) is 15.4. The maximum absolute atomic E-state index is 13.6. The molecule has 0 aliphatic carbocycles. The number of carbonyl (C=O) groups excluding carboxylic acids is 2. The molecular formula is C20H22FN3O3. The Balaban J connectivity index is 1.79. The Morgan fingerprint density at radius 3 is 2.56 bits per heavy atom. The van der Waals surface area contributed by atoms with Crippen molar-refractivity contribution in [2.24, 2.45) is 0 Å². The van der Waals surface area contributed by atoms with Crippen LogP contribution in [0.1, 0.15) is 16.7 Å². The van der Waals surface area contributed by atoms with Gasteiger partial charge in [-0.25, -0.2) is 4.39 Å². The van der Waals surface area contributed by atoms with E-state index in [0.29, 0.717) is 5.56 Å². The highest BCUT2D eigenvalue weighted by molar-refractivity contribution is 5.93. The predicted octanol–water partition coefficient (Wildman–Crippen LogP) is 2.72. The molecule has 0 saturated carbocycles. The monoisotopic (exact) mass is 371 g/mol. The smallest absolute Gasteiger partial charge is 0.262 e. The van der Waals surface area contributed by atoms with Crippen LogP contribution >= 0.6 is 0 Å². The van der Waals surface area contributed by atoms with Crippen LogP contribution in [0.2, 0.25) is 0 Å². The minimum absolute atomic E-state index is 0.0115. The molecule has 7 heteroatoms. The molecule has 6 nitrogen and oxygen atoms in total. The van der Waals surface area contributed by atoms with E-state index in [0.717, 1.165) is 16.8 Å². The van der Waals surface area contributed by atoms with Crippen molar-refractivity contribution in [2.75, 3.05) is 19.0 Å². The van der Waals surface area contributed by atoms with E-state index in [4.69, 9.17) is 4.74 Å². The number of benzene rings is 2. The molecule has 0 bridgehead atoms. The molecule has 3 N–H and O–H groups in total. The molecule has 0 radical (unpaired) electrons. The van der Waals surface area contributed by atoms with Crippen molar-refractivity contribution in [3.05, 3.63) is 65.0 Å². The lowest BCUT2D eigenvalue weighted by atomic mass is 10.1. The fraction of sp³-hybridized carbons (Fsp3) is 0.200. The Morgan fingerprint density at radius 2 is 1.89 bits per heavy atom. The van der Waals surface area contributed by atoms with Gasteiger partial charge >= 0.3 is 0 Å². The molecule has 27 heavy (non-hydrogen) atoms. The van der Waals surface area contributed by atoms with Crippen molar-refractivity contribution in [3.63, 3.8) is 0 Å². The number of carbonyl (C=O) groups is 2. The van der Waals surface area contributed by atoms with Crippen molar-refractivity contribution < 1.29 is 18.7 Å². The van der Waals surface area contributed by atoms with Crippen molar-refractivity contribution in [2.45, 2.75) is 13.8 Å². The summed E-state index contributed by atoms with van der Waals surface area (Å²) >= 11 is 0. The molecule has 0 heterocycles. The van der Waals surface area contributed by atoms with E-state index in [1.165, 1.54) is 31.4 Å². The van der Waals surface area contributed by atoms with Gasteiger partial charge in [-0.15, -0.1) is 0 Å². The molecule has 142 valence electrons. The highest BCUT2D eigenvalue weighted by Gasteiger charge is 2.05. The van der Waals surface area contributed by atoms with Crippen LogP contribution in [0.3, 0.4) is 0 Å². The molecule has 2 aromatic carbocycles. The van der Waals surface area contributed by atoms with Crippen LogP contribution in [0.25, 0.3) is 6.08 Å². The van der Waals surface area contributed by atoms with Gasteiger partial charge in [0.15, 0.2) is 11.6 Å². The SMILES string of the molecule is COc1ccc(/C=C/C(=O)NNC(=O)CNc2ccc(C)cc2C)cc1F. The van der Waals surface area contributed by atoms with Gasteiger partial charge in [0.1, 0.15) is 0 Å². The second-order valence-corrected chi connectivity index (χ2v) is 5.94. The number of hydrazine groups is 1. The van der Waals surface area contributed by atoms with Crippen LogP contribution in [0.15, 0.2) is 42.5 Å². The van der Waals surface area contributed by atoms with Crippen molar-refractivity contribution in [3.8, 4) is 5.75 Å². The maximum Gasteiger partial charge on any atom is 0.262 e. The summed E-state index contributed by atoms with van der Waals surface area (Å²) in [5.74, 6) is -1.33. The van der Waals surface area contributed by atoms with Gasteiger partial charge in [-0.3, -0.25) is 20.4 Å². The molecule has 2 aromatic rings. The molecule has 2 amide bonds. The van der Waals surface area contributed by atoms with Gasteiger partial charge in [-0.2, -0.15) is 0 Å². The van der Waals surface area contributed by atoms with Gasteiger partial charge in [0.25, 0.3) is 11.8 Å².